The molecule has 148 valence electrons. The lowest BCUT2D eigenvalue weighted by molar-refractivity contribution is 0.614. The number of aromatic nitrogens is 1. The molecule has 3 aromatic rings. The van der Waals surface area contributed by atoms with Gasteiger partial charge in [0.15, 0.2) is 16.8 Å². The van der Waals surface area contributed by atoms with Crippen molar-refractivity contribution >= 4 is 27.6 Å². The molecule has 3 aromatic carbocycles. The Kier molecular flexibility index (Phi) is 4.47. The number of nitrogens with zero attached hydrogens (tertiary/aromatic N) is 2. The number of fused-ring (bicyclic) bond motifs is 4. The van der Waals surface area contributed by atoms with Gasteiger partial charge in [0, 0.05) is 35.6 Å². The molecule has 1 aliphatic heterocycles. The van der Waals surface area contributed by atoms with Gasteiger partial charge in [-0.3, -0.25) is 4.79 Å². The van der Waals surface area contributed by atoms with E-state index in [1.807, 2.05) is 36.4 Å². The van der Waals surface area contributed by atoms with Crippen LogP contribution in [0, 0.1) is 0 Å². The van der Waals surface area contributed by atoms with E-state index >= 15 is 0 Å². The van der Waals surface area contributed by atoms with Gasteiger partial charge in [0.2, 0.25) is 0 Å². The molecule has 4 heteroatoms. The molecule has 0 spiro atoms. The summed E-state index contributed by atoms with van der Waals surface area (Å²) >= 11 is 0. The third kappa shape index (κ3) is 3.01. The van der Waals surface area contributed by atoms with Crippen LogP contribution in [0.4, 0.5) is 5.69 Å². The molecule has 0 unspecified atom stereocenters. The SMILES string of the molecule is CCN(CC)c1ccc(-c2ccc3nc4c5ccccc5c(=O)cc-4oc3c2)cc1. The molecule has 4 nitrogen and oxygen atoms in total. The van der Waals surface area contributed by atoms with Crippen molar-refractivity contribution in [2.45, 2.75) is 13.8 Å². The van der Waals surface area contributed by atoms with E-state index in [9.17, 15) is 4.79 Å². The van der Waals surface area contributed by atoms with E-state index in [0.29, 0.717) is 22.4 Å². The van der Waals surface area contributed by atoms with Crippen LogP contribution >= 0.6 is 0 Å². The Labute approximate surface area is 174 Å². The van der Waals surface area contributed by atoms with Crippen LogP contribution in [-0.4, -0.2) is 18.1 Å². The number of rotatable bonds is 4. The summed E-state index contributed by atoms with van der Waals surface area (Å²) in [4.78, 5) is 19.6. The zero-order valence-electron chi connectivity index (χ0n) is 17.1. The van der Waals surface area contributed by atoms with Crippen LogP contribution in [0.5, 0.6) is 0 Å². The van der Waals surface area contributed by atoms with Gasteiger partial charge in [-0.15, -0.1) is 0 Å². The summed E-state index contributed by atoms with van der Waals surface area (Å²) in [6.07, 6.45) is 0. The fourth-order valence-corrected chi connectivity index (χ4v) is 4.06. The normalized spacial score (nSPS) is 11.4. The highest BCUT2D eigenvalue weighted by Gasteiger charge is 2.15. The Bertz CT molecular complexity index is 1380. The first-order valence-corrected chi connectivity index (χ1v) is 10.3. The smallest absolute Gasteiger partial charge is 0.190 e. The Balaban J connectivity index is 1.62. The van der Waals surface area contributed by atoms with Gasteiger partial charge in [0.25, 0.3) is 0 Å². The van der Waals surface area contributed by atoms with Gasteiger partial charge in [-0.05, 0) is 49.2 Å². The first-order valence-electron chi connectivity index (χ1n) is 10.3. The Morgan fingerprint density at radius 1 is 0.833 bits per heavy atom. The van der Waals surface area contributed by atoms with Crippen LogP contribution in [0.3, 0.4) is 0 Å². The molecule has 0 saturated carbocycles. The highest BCUT2D eigenvalue weighted by Crippen LogP contribution is 2.32. The summed E-state index contributed by atoms with van der Waals surface area (Å²) in [7, 11) is 0. The highest BCUT2D eigenvalue weighted by molar-refractivity contribution is 5.96. The van der Waals surface area contributed by atoms with E-state index < -0.39 is 0 Å². The van der Waals surface area contributed by atoms with Crippen LogP contribution in [0.25, 0.3) is 44.5 Å². The van der Waals surface area contributed by atoms with Crippen molar-refractivity contribution in [3.8, 4) is 22.6 Å². The lowest BCUT2D eigenvalue weighted by atomic mass is 10.0. The minimum Gasteiger partial charge on any atom is -0.453 e. The van der Waals surface area contributed by atoms with E-state index in [2.05, 4.69) is 49.1 Å². The summed E-state index contributed by atoms with van der Waals surface area (Å²) < 4.78 is 6.12. The van der Waals surface area contributed by atoms with Gasteiger partial charge in [0.05, 0.1) is 0 Å². The average Bonchev–Trinajstić information content (AvgIpc) is 2.79. The first kappa shape index (κ1) is 18.4. The molecule has 0 bridgehead atoms. The van der Waals surface area contributed by atoms with Crippen molar-refractivity contribution in [1.29, 1.82) is 0 Å². The number of hydrogen-bond acceptors (Lipinski definition) is 4. The second-order valence-corrected chi connectivity index (χ2v) is 7.38. The molecular weight excluding hydrogens is 372 g/mol. The largest absolute Gasteiger partial charge is 0.453 e. The molecule has 1 aliphatic carbocycles. The first-order chi connectivity index (χ1) is 14.7. The predicted octanol–water partition coefficient (Wildman–Crippen LogP) is 5.96. The van der Waals surface area contributed by atoms with Crippen LogP contribution in [0.1, 0.15) is 13.8 Å². The molecule has 2 aliphatic rings. The third-order valence-corrected chi connectivity index (χ3v) is 5.68. The third-order valence-electron chi connectivity index (χ3n) is 5.68. The van der Waals surface area contributed by atoms with Crippen LogP contribution in [0.15, 0.2) is 82.0 Å². The molecule has 0 atom stereocenters. The van der Waals surface area contributed by atoms with Crippen molar-refractivity contribution in [3.63, 3.8) is 0 Å². The van der Waals surface area contributed by atoms with Crippen molar-refractivity contribution in [3.05, 3.63) is 83.0 Å². The maximum absolute atomic E-state index is 12.5. The monoisotopic (exact) mass is 394 g/mol. The number of hydrogen-bond donors (Lipinski definition) is 0. The fraction of sp³-hybridized carbons (Fsp3) is 0.154. The molecule has 5 rings (SSSR count). The van der Waals surface area contributed by atoms with Crippen LogP contribution in [0.2, 0.25) is 0 Å². The molecule has 0 fully saturated rings. The van der Waals surface area contributed by atoms with E-state index in [0.717, 1.165) is 35.1 Å². The Morgan fingerprint density at radius 2 is 1.53 bits per heavy atom. The Hall–Kier alpha value is -3.66. The van der Waals surface area contributed by atoms with Gasteiger partial charge < -0.3 is 9.32 Å². The minimum atomic E-state index is -0.0499. The summed E-state index contributed by atoms with van der Waals surface area (Å²) in [5.74, 6) is 0.514. The molecule has 0 radical (unpaired) electrons. The van der Waals surface area contributed by atoms with E-state index in [1.54, 1.807) is 0 Å². The molecule has 0 aromatic heterocycles. The maximum Gasteiger partial charge on any atom is 0.190 e. The summed E-state index contributed by atoms with van der Waals surface area (Å²) in [5.41, 5.74) is 5.50. The van der Waals surface area contributed by atoms with Gasteiger partial charge in [-0.25, -0.2) is 4.98 Å². The fourth-order valence-electron chi connectivity index (χ4n) is 4.06. The lowest BCUT2D eigenvalue weighted by Crippen LogP contribution is -2.21. The summed E-state index contributed by atoms with van der Waals surface area (Å²) in [6, 6.07) is 23.7. The maximum atomic E-state index is 12.5. The quantitative estimate of drug-likeness (QED) is 0.279. The second-order valence-electron chi connectivity index (χ2n) is 7.38. The molecule has 0 saturated heterocycles. The van der Waals surface area contributed by atoms with Crippen molar-refractivity contribution in [1.82, 2.24) is 4.98 Å². The van der Waals surface area contributed by atoms with Gasteiger partial charge in [-0.2, -0.15) is 0 Å². The van der Waals surface area contributed by atoms with Crippen molar-refractivity contribution in [2.24, 2.45) is 0 Å². The highest BCUT2D eigenvalue weighted by atomic mass is 16.3. The Morgan fingerprint density at radius 3 is 2.27 bits per heavy atom. The van der Waals surface area contributed by atoms with Crippen molar-refractivity contribution < 1.29 is 4.42 Å². The molecule has 1 heterocycles. The van der Waals surface area contributed by atoms with Crippen molar-refractivity contribution in [2.75, 3.05) is 18.0 Å². The van der Waals surface area contributed by atoms with Gasteiger partial charge in [0.1, 0.15) is 11.2 Å². The van der Waals surface area contributed by atoms with E-state index in [1.165, 1.54) is 11.8 Å². The molecule has 0 N–H and O–H groups in total. The average molecular weight is 394 g/mol. The molecule has 0 amide bonds. The topological polar surface area (TPSA) is 46.3 Å². The zero-order valence-corrected chi connectivity index (χ0v) is 17.1. The molecular formula is C26H22N2O2. The second kappa shape index (κ2) is 7.30. The van der Waals surface area contributed by atoms with Crippen LogP contribution in [-0.2, 0) is 0 Å². The number of benzene rings is 4. The predicted molar refractivity (Wildman–Crippen MR) is 123 cm³/mol. The zero-order chi connectivity index (χ0) is 20.7. The van der Waals surface area contributed by atoms with Gasteiger partial charge >= 0.3 is 0 Å². The van der Waals surface area contributed by atoms with E-state index in [-0.39, 0.29) is 5.43 Å². The minimum absolute atomic E-state index is 0.0499. The van der Waals surface area contributed by atoms with E-state index in [4.69, 9.17) is 9.40 Å². The standard InChI is InChI=1S/C26H22N2O2/c1-3-28(4-2)19-12-9-17(10-13-19)18-11-14-22-24(15-18)30-25-16-23(29)20-7-5-6-8-21(20)26(25)27-22/h5-16H,3-4H2,1-2H3. The molecule has 30 heavy (non-hydrogen) atoms. The summed E-state index contributed by atoms with van der Waals surface area (Å²) in [5, 5.41) is 1.48. The lowest BCUT2D eigenvalue weighted by Gasteiger charge is -2.21. The summed E-state index contributed by atoms with van der Waals surface area (Å²) in [6.45, 7) is 6.30. The number of anilines is 1. The van der Waals surface area contributed by atoms with Crippen LogP contribution < -0.4 is 10.3 Å². The van der Waals surface area contributed by atoms with Gasteiger partial charge in [-0.1, -0.05) is 42.5 Å².